The number of hydrogen-bond acceptors (Lipinski definition) is 2. The van der Waals surface area contributed by atoms with E-state index in [1.807, 2.05) is 0 Å². The fraction of sp³-hybridized carbons (Fsp3) is 0.0175. The molecule has 1 heterocycles. The number of aromatic nitrogens is 2. The summed E-state index contributed by atoms with van der Waals surface area (Å²) in [6.07, 6.45) is 0. The molecule has 0 saturated carbocycles. The predicted molar refractivity (Wildman–Crippen MR) is 244 cm³/mol. The van der Waals surface area contributed by atoms with Gasteiger partial charge in [-0.2, -0.15) is 0 Å². The molecule has 0 aliphatic heterocycles. The lowest BCUT2D eigenvalue weighted by Crippen LogP contribution is -2.28. The number of nitrogens with zero attached hydrogens (tertiary/aromatic N) is 2. The number of hydrogen-bond donors (Lipinski definition) is 0. The summed E-state index contributed by atoms with van der Waals surface area (Å²) in [6.45, 7) is 0. The van der Waals surface area contributed by atoms with Gasteiger partial charge in [0.1, 0.15) is 0 Å². The molecule has 276 valence electrons. The monoisotopic (exact) mass is 750 g/mol. The Morgan fingerprint density at radius 1 is 0.322 bits per heavy atom. The minimum Gasteiger partial charge on any atom is -0.228 e. The maximum Gasteiger partial charge on any atom is 0.161 e. The summed E-state index contributed by atoms with van der Waals surface area (Å²) in [5.41, 5.74) is 16.2. The van der Waals surface area contributed by atoms with Gasteiger partial charge in [-0.15, -0.1) is 0 Å². The molecule has 1 aliphatic carbocycles. The van der Waals surface area contributed by atoms with Crippen LogP contribution in [0.1, 0.15) is 22.3 Å². The molecule has 0 saturated heterocycles. The van der Waals surface area contributed by atoms with Crippen LogP contribution < -0.4 is 0 Å². The molecule has 1 aliphatic rings. The highest BCUT2D eigenvalue weighted by molar-refractivity contribution is 6.06. The van der Waals surface area contributed by atoms with Gasteiger partial charge >= 0.3 is 0 Å². The largest absolute Gasteiger partial charge is 0.228 e. The summed E-state index contributed by atoms with van der Waals surface area (Å²) in [6, 6.07) is 82.9. The van der Waals surface area contributed by atoms with Crippen LogP contribution in [0.15, 0.2) is 231 Å². The molecule has 0 amide bonds. The molecular weight excluding hydrogens is 713 g/mol. The van der Waals surface area contributed by atoms with Gasteiger partial charge in [0.15, 0.2) is 5.82 Å². The number of fused-ring (bicyclic) bond motifs is 5. The first-order valence-corrected chi connectivity index (χ1v) is 20.2. The summed E-state index contributed by atoms with van der Waals surface area (Å²) in [5.74, 6) is 0.696. The lowest BCUT2D eigenvalue weighted by Gasteiger charge is -2.34. The zero-order valence-corrected chi connectivity index (χ0v) is 32.3. The molecule has 9 aromatic carbocycles. The van der Waals surface area contributed by atoms with E-state index in [0.717, 1.165) is 55.7 Å². The number of rotatable bonds is 7. The second kappa shape index (κ2) is 14.4. The lowest BCUT2D eigenvalue weighted by molar-refractivity contribution is 0.775. The summed E-state index contributed by atoms with van der Waals surface area (Å²) >= 11 is 0. The van der Waals surface area contributed by atoms with E-state index in [1.165, 1.54) is 38.8 Å². The van der Waals surface area contributed by atoms with E-state index in [2.05, 4.69) is 231 Å². The van der Waals surface area contributed by atoms with Crippen molar-refractivity contribution in [1.82, 2.24) is 9.97 Å². The third-order valence-corrected chi connectivity index (χ3v) is 11.9. The van der Waals surface area contributed by atoms with Crippen molar-refractivity contribution >= 4 is 10.8 Å². The third kappa shape index (κ3) is 5.80. The van der Waals surface area contributed by atoms with E-state index in [9.17, 15) is 0 Å². The third-order valence-electron chi connectivity index (χ3n) is 11.9. The van der Waals surface area contributed by atoms with Crippen molar-refractivity contribution in [3.05, 3.63) is 253 Å². The van der Waals surface area contributed by atoms with Gasteiger partial charge in [0, 0.05) is 16.7 Å². The van der Waals surface area contributed by atoms with E-state index in [4.69, 9.17) is 9.97 Å². The Hall–Kier alpha value is -7.68. The second-order valence-corrected chi connectivity index (χ2v) is 15.3. The fourth-order valence-corrected chi connectivity index (χ4v) is 9.34. The minimum absolute atomic E-state index is 0.585. The molecular formula is C57H38N2. The highest BCUT2D eigenvalue weighted by Gasteiger charge is 2.48. The Labute approximate surface area is 344 Å². The topological polar surface area (TPSA) is 25.8 Å². The molecule has 10 aromatic rings. The van der Waals surface area contributed by atoms with Crippen molar-refractivity contribution in [2.45, 2.75) is 5.41 Å². The Morgan fingerprint density at radius 2 is 0.780 bits per heavy atom. The van der Waals surface area contributed by atoms with Crippen LogP contribution >= 0.6 is 0 Å². The first-order chi connectivity index (χ1) is 29.3. The van der Waals surface area contributed by atoms with Gasteiger partial charge in [-0.3, -0.25) is 0 Å². The molecule has 0 spiro atoms. The second-order valence-electron chi connectivity index (χ2n) is 15.3. The quantitative estimate of drug-likeness (QED) is 0.162. The van der Waals surface area contributed by atoms with Crippen LogP contribution in [-0.2, 0) is 5.41 Å². The van der Waals surface area contributed by atoms with E-state index in [-0.39, 0.29) is 0 Å². The molecule has 0 radical (unpaired) electrons. The SMILES string of the molecule is c1ccc(-c2cc(-c3ccccc3)cc(-c3cc(-c4ccccc4)nc(-c4cc5ccccc5c5c4-c4ccccc4C5(c4ccccc4)c4ccccc4)n3)c2)cc1. The van der Waals surface area contributed by atoms with Gasteiger partial charge in [0.05, 0.1) is 16.8 Å². The average molecular weight is 751 g/mol. The predicted octanol–water partition coefficient (Wildman–Crippen LogP) is 14.3. The molecule has 0 atom stereocenters. The molecule has 0 unspecified atom stereocenters. The molecule has 11 rings (SSSR count). The molecule has 0 fully saturated rings. The van der Waals surface area contributed by atoms with Crippen LogP contribution in [0.5, 0.6) is 0 Å². The van der Waals surface area contributed by atoms with Crippen LogP contribution in [0.3, 0.4) is 0 Å². The van der Waals surface area contributed by atoms with E-state index < -0.39 is 5.41 Å². The Morgan fingerprint density at radius 3 is 1.37 bits per heavy atom. The van der Waals surface area contributed by atoms with Crippen molar-refractivity contribution in [1.29, 1.82) is 0 Å². The van der Waals surface area contributed by atoms with Gasteiger partial charge < -0.3 is 0 Å². The van der Waals surface area contributed by atoms with Gasteiger partial charge in [-0.1, -0.05) is 200 Å². The number of benzene rings is 9. The highest BCUT2D eigenvalue weighted by Crippen LogP contribution is 2.60. The minimum atomic E-state index is -0.585. The first-order valence-electron chi connectivity index (χ1n) is 20.2. The van der Waals surface area contributed by atoms with Crippen LogP contribution in [-0.4, -0.2) is 9.97 Å². The zero-order chi connectivity index (χ0) is 39.2. The molecule has 1 aromatic heterocycles. The van der Waals surface area contributed by atoms with Crippen molar-refractivity contribution in [3.63, 3.8) is 0 Å². The zero-order valence-electron chi connectivity index (χ0n) is 32.3. The first kappa shape index (κ1) is 34.6. The molecule has 2 nitrogen and oxygen atoms in total. The van der Waals surface area contributed by atoms with Crippen molar-refractivity contribution in [2.75, 3.05) is 0 Å². The highest BCUT2D eigenvalue weighted by atomic mass is 14.9. The van der Waals surface area contributed by atoms with Crippen molar-refractivity contribution in [3.8, 4) is 67.3 Å². The van der Waals surface area contributed by atoms with Crippen LogP contribution in [0.25, 0.3) is 78.1 Å². The summed E-state index contributed by atoms with van der Waals surface area (Å²) in [4.78, 5) is 11.1. The summed E-state index contributed by atoms with van der Waals surface area (Å²) in [5, 5.41) is 2.37. The lowest BCUT2D eigenvalue weighted by atomic mass is 9.66. The normalized spacial score (nSPS) is 12.5. The van der Waals surface area contributed by atoms with Gasteiger partial charge in [-0.05, 0) is 96.7 Å². The van der Waals surface area contributed by atoms with Crippen LogP contribution in [0, 0.1) is 0 Å². The van der Waals surface area contributed by atoms with Crippen LogP contribution in [0.4, 0.5) is 0 Å². The standard InChI is InChI=1S/C57H38N2/c1-6-20-39(21-7-1)43-34-44(40-22-8-2-9-23-40)36-45(35-43)53-38-52(41-24-10-3-11-25-41)58-56(59-53)50-37-42-26-16-17-31-48(42)55-54(50)49-32-18-19-33-51(49)57(55,46-27-12-4-13-28-46)47-29-14-5-15-30-47/h1-38H. The van der Waals surface area contributed by atoms with Crippen molar-refractivity contribution in [2.24, 2.45) is 0 Å². The molecule has 0 N–H and O–H groups in total. The van der Waals surface area contributed by atoms with E-state index in [0.29, 0.717) is 5.82 Å². The van der Waals surface area contributed by atoms with E-state index >= 15 is 0 Å². The maximum atomic E-state index is 5.61. The van der Waals surface area contributed by atoms with Gasteiger partial charge in [-0.25, -0.2) is 9.97 Å². The Bertz CT molecular complexity index is 3030. The summed E-state index contributed by atoms with van der Waals surface area (Å²) < 4.78 is 0. The average Bonchev–Trinajstić information content (AvgIpc) is 3.65. The van der Waals surface area contributed by atoms with E-state index in [1.54, 1.807) is 0 Å². The molecule has 59 heavy (non-hydrogen) atoms. The maximum absolute atomic E-state index is 5.61. The van der Waals surface area contributed by atoms with Gasteiger partial charge in [0.2, 0.25) is 0 Å². The smallest absolute Gasteiger partial charge is 0.161 e. The van der Waals surface area contributed by atoms with Crippen molar-refractivity contribution < 1.29 is 0 Å². The van der Waals surface area contributed by atoms with Gasteiger partial charge in [0.25, 0.3) is 0 Å². The Balaban J connectivity index is 1.24. The van der Waals surface area contributed by atoms with Crippen LogP contribution in [0.2, 0.25) is 0 Å². The molecule has 2 heteroatoms. The Kier molecular flexibility index (Phi) is 8.41. The fourth-order valence-electron chi connectivity index (χ4n) is 9.34. The molecule has 0 bridgehead atoms. The summed E-state index contributed by atoms with van der Waals surface area (Å²) in [7, 11) is 0.